The molecular formula is C13H16FNO2S. The van der Waals surface area contributed by atoms with Gasteiger partial charge in [0, 0.05) is 11.4 Å². The van der Waals surface area contributed by atoms with E-state index in [-0.39, 0.29) is 11.7 Å². The molecule has 0 aromatic heterocycles. The lowest BCUT2D eigenvalue weighted by atomic mass is 9.88. The third kappa shape index (κ3) is 2.32. The smallest absolute Gasteiger partial charge is 0.330 e. The fourth-order valence-electron chi connectivity index (χ4n) is 2.23. The number of rotatable bonds is 3. The van der Waals surface area contributed by atoms with Gasteiger partial charge in [0.2, 0.25) is 0 Å². The van der Waals surface area contributed by atoms with Gasteiger partial charge in [0.25, 0.3) is 0 Å². The average molecular weight is 269 g/mol. The molecule has 2 unspecified atom stereocenters. The van der Waals surface area contributed by atoms with E-state index in [1.165, 1.54) is 12.1 Å². The van der Waals surface area contributed by atoms with Crippen molar-refractivity contribution in [3.05, 3.63) is 29.6 Å². The number of hydrogen-bond donors (Lipinski definition) is 2. The van der Waals surface area contributed by atoms with Crippen LogP contribution in [-0.4, -0.2) is 28.1 Å². The Labute approximate surface area is 110 Å². The van der Waals surface area contributed by atoms with E-state index in [1.807, 2.05) is 6.92 Å². The van der Waals surface area contributed by atoms with Crippen LogP contribution in [0.2, 0.25) is 0 Å². The SMILES string of the molecule is Cc1cc(F)cc(NC2(C(=O)O)CSCC2C)c1. The summed E-state index contributed by atoms with van der Waals surface area (Å²) in [4.78, 5) is 11.5. The monoisotopic (exact) mass is 269 g/mol. The third-order valence-electron chi connectivity index (χ3n) is 3.33. The van der Waals surface area contributed by atoms with Crippen LogP contribution in [-0.2, 0) is 4.79 Å². The van der Waals surface area contributed by atoms with E-state index < -0.39 is 11.5 Å². The summed E-state index contributed by atoms with van der Waals surface area (Å²) >= 11 is 1.61. The molecule has 0 bridgehead atoms. The van der Waals surface area contributed by atoms with Crippen molar-refractivity contribution in [2.45, 2.75) is 19.4 Å². The summed E-state index contributed by atoms with van der Waals surface area (Å²) in [5.41, 5.74) is 0.311. The van der Waals surface area contributed by atoms with Gasteiger partial charge in [-0.3, -0.25) is 0 Å². The molecule has 0 saturated carbocycles. The van der Waals surface area contributed by atoms with Gasteiger partial charge in [-0.05, 0) is 42.4 Å². The summed E-state index contributed by atoms with van der Waals surface area (Å²) in [6, 6.07) is 4.53. The molecule has 1 aliphatic rings. The Morgan fingerprint density at radius 2 is 2.28 bits per heavy atom. The van der Waals surface area contributed by atoms with Crippen molar-refractivity contribution >= 4 is 23.4 Å². The van der Waals surface area contributed by atoms with E-state index >= 15 is 0 Å². The fraction of sp³-hybridized carbons (Fsp3) is 0.462. The van der Waals surface area contributed by atoms with Crippen molar-refractivity contribution in [2.24, 2.45) is 5.92 Å². The number of aliphatic carboxylic acids is 1. The summed E-state index contributed by atoms with van der Waals surface area (Å²) in [5.74, 6) is 0.0777. The number of anilines is 1. The largest absolute Gasteiger partial charge is 0.479 e. The van der Waals surface area contributed by atoms with Crippen LogP contribution in [0.3, 0.4) is 0 Å². The van der Waals surface area contributed by atoms with Gasteiger partial charge in [0.1, 0.15) is 11.4 Å². The van der Waals surface area contributed by atoms with Gasteiger partial charge < -0.3 is 10.4 Å². The second-order valence-corrected chi connectivity index (χ2v) is 5.87. The quantitative estimate of drug-likeness (QED) is 0.886. The Balaban J connectivity index is 2.32. The molecule has 1 fully saturated rings. The van der Waals surface area contributed by atoms with Crippen molar-refractivity contribution in [1.29, 1.82) is 0 Å². The molecule has 0 spiro atoms. The first-order valence-electron chi connectivity index (χ1n) is 5.80. The molecule has 0 radical (unpaired) electrons. The third-order valence-corrected chi connectivity index (χ3v) is 4.73. The molecule has 0 aliphatic carbocycles. The first-order valence-corrected chi connectivity index (χ1v) is 6.96. The number of benzene rings is 1. The van der Waals surface area contributed by atoms with Crippen LogP contribution in [0.4, 0.5) is 10.1 Å². The zero-order chi connectivity index (χ0) is 13.3. The zero-order valence-corrected chi connectivity index (χ0v) is 11.2. The molecule has 1 aromatic rings. The number of halogens is 1. The molecule has 2 atom stereocenters. The first-order chi connectivity index (χ1) is 8.44. The Hall–Kier alpha value is -1.23. The van der Waals surface area contributed by atoms with E-state index in [2.05, 4.69) is 5.32 Å². The summed E-state index contributed by atoms with van der Waals surface area (Å²) in [6.45, 7) is 3.70. The molecule has 5 heteroatoms. The molecule has 0 amide bonds. The highest BCUT2D eigenvalue weighted by molar-refractivity contribution is 7.99. The van der Waals surface area contributed by atoms with E-state index in [0.717, 1.165) is 11.3 Å². The minimum Gasteiger partial charge on any atom is -0.479 e. The minimum absolute atomic E-state index is 0.00331. The molecule has 2 N–H and O–H groups in total. The molecule has 3 nitrogen and oxygen atoms in total. The molecule has 18 heavy (non-hydrogen) atoms. The van der Waals surface area contributed by atoms with Gasteiger partial charge in [-0.15, -0.1) is 0 Å². The lowest BCUT2D eigenvalue weighted by Gasteiger charge is -2.30. The van der Waals surface area contributed by atoms with Gasteiger partial charge in [-0.25, -0.2) is 9.18 Å². The Morgan fingerprint density at radius 3 is 2.78 bits per heavy atom. The van der Waals surface area contributed by atoms with Crippen molar-refractivity contribution in [3.63, 3.8) is 0 Å². The summed E-state index contributed by atoms with van der Waals surface area (Å²) in [5, 5.41) is 12.5. The number of carbonyl (C=O) groups is 1. The number of nitrogens with one attached hydrogen (secondary N) is 1. The predicted octanol–water partition coefficient (Wildman–Crippen LogP) is 2.75. The predicted molar refractivity (Wildman–Crippen MR) is 71.6 cm³/mol. The highest BCUT2D eigenvalue weighted by Crippen LogP contribution is 2.36. The van der Waals surface area contributed by atoms with Crippen LogP contribution in [0.1, 0.15) is 12.5 Å². The van der Waals surface area contributed by atoms with E-state index in [4.69, 9.17) is 0 Å². The summed E-state index contributed by atoms with van der Waals surface area (Å²) in [7, 11) is 0. The minimum atomic E-state index is -0.995. The number of aryl methyl sites for hydroxylation is 1. The van der Waals surface area contributed by atoms with Crippen LogP contribution in [0.5, 0.6) is 0 Å². The van der Waals surface area contributed by atoms with E-state index in [0.29, 0.717) is 11.4 Å². The lowest BCUT2D eigenvalue weighted by Crippen LogP contribution is -2.51. The Bertz CT molecular complexity index is 460. The van der Waals surface area contributed by atoms with Crippen LogP contribution in [0.15, 0.2) is 18.2 Å². The molecule has 2 rings (SSSR count). The maximum atomic E-state index is 13.3. The summed E-state index contributed by atoms with van der Waals surface area (Å²) < 4.78 is 13.3. The van der Waals surface area contributed by atoms with Gasteiger partial charge in [-0.1, -0.05) is 6.92 Å². The second kappa shape index (κ2) is 4.80. The molecular weight excluding hydrogens is 253 g/mol. The van der Waals surface area contributed by atoms with Gasteiger partial charge >= 0.3 is 5.97 Å². The van der Waals surface area contributed by atoms with E-state index in [9.17, 15) is 14.3 Å². The van der Waals surface area contributed by atoms with E-state index in [1.54, 1.807) is 24.8 Å². The van der Waals surface area contributed by atoms with Crippen LogP contribution >= 0.6 is 11.8 Å². The number of carboxylic acids is 1. The van der Waals surface area contributed by atoms with Crippen molar-refractivity contribution in [1.82, 2.24) is 0 Å². The van der Waals surface area contributed by atoms with Crippen LogP contribution in [0.25, 0.3) is 0 Å². The second-order valence-electron chi connectivity index (χ2n) is 4.83. The molecule has 1 aromatic carbocycles. The van der Waals surface area contributed by atoms with Gasteiger partial charge in [-0.2, -0.15) is 11.8 Å². The topological polar surface area (TPSA) is 49.3 Å². The first kappa shape index (κ1) is 13.2. The average Bonchev–Trinajstić information content (AvgIpc) is 2.59. The molecule has 1 aliphatic heterocycles. The normalized spacial score (nSPS) is 27.2. The highest BCUT2D eigenvalue weighted by atomic mass is 32.2. The number of carboxylic acid groups (broad SMARTS) is 1. The van der Waals surface area contributed by atoms with Crippen LogP contribution in [0, 0.1) is 18.7 Å². The number of thioether (sulfide) groups is 1. The number of hydrogen-bond acceptors (Lipinski definition) is 3. The van der Waals surface area contributed by atoms with Gasteiger partial charge in [0.15, 0.2) is 0 Å². The standard InChI is InChI=1S/C13H16FNO2S/c1-8-3-10(14)5-11(4-8)15-13(12(16)17)7-18-6-9(13)2/h3-5,9,15H,6-7H2,1-2H3,(H,16,17). The van der Waals surface area contributed by atoms with Gasteiger partial charge in [0.05, 0.1) is 0 Å². The fourth-order valence-corrected chi connectivity index (χ4v) is 3.79. The zero-order valence-electron chi connectivity index (χ0n) is 10.4. The Morgan fingerprint density at radius 1 is 1.56 bits per heavy atom. The Kier molecular flexibility index (Phi) is 3.52. The van der Waals surface area contributed by atoms with Crippen molar-refractivity contribution in [2.75, 3.05) is 16.8 Å². The maximum Gasteiger partial charge on any atom is 0.330 e. The summed E-state index contributed by atoms with van der Waals surface area (Å²) in [6.07, 6.45) is 0. The highest BCUT2D eigenvalue weighted by Gasteiger charge is 2.47. The maximum absolute atomic E-state index is 13.3. The molecule has 98 valence electrons. The van der Waals surface area contributed by atoms with Crippen molar-refractivity contribution in [3.8, 4) is 0 Å². The molecule has 1 heterocycles. The molecule has 1 saturated heterocycles. The van der Waals surface area contributed by atoms with Crippen molar-refractivity contribution < 1.29 is 14.3 Å². The van der Waals surface area contributed by atoms with Crippen LogP contribution < -0.4 is 5.32 Å². The lowest BCUT2D eigenvalue weighted by molar-refractivity contribution is -0.142.